The summed E-state index contributed by atoms with van der Waals surface area (Å²) in [6, 6.07) is 7.33. The van der Waals surface area contributed by atoms with E-state index >= 15 is 0 Å². The Morgan fingerprint density at radius 1 is 1.03 bits per heavy atom. The van der Waals surface area contributed by atoms with Crippen molar-refractivity contribution in [3.63, 3.8) is 0 Å². The molecule has 7 nitrogen and oxygen atoms in total. The number of carbonyl (C=O) groups is 2. The Bertz CT molecular complexity index is 905. The van der Waals surface area contributed by atoms with Crippen molar-refractivity contribution in [1.29, 1.82) is 0 Å². The average Bonchev–Trinajstić information content (AvgIpc) is 3.17. The van der Waals surface area contributed by atoms with Crippen molar-refractivity contribution < 1.29 is 28.6 Å². The molecule has 0 spiro atoms. The number of aryl methyl sites for hydroxylation is 2. The number of aliphatic carboxylic acids is 1. The first-order valence-corrected chi connectivity index (χ1v) is 10.9. The molecule has 2 aromatic rings. The fourth-order valence-electron chi connectivity index (χ4n) is 3.59. The van der Waals surface area contributed by atoms with Gasteiger partial charge in [-0.25, -0.2) is 0 Å². The van der Waals surface area contributed by atoms with Crippen molar-refractivity contribution in [2.45, 2.75) is 53.4 Å². The van der Waals surface area contributed by atoms with Crippen LogP contribution in [0.15, 0.2) is 28.7 Å². The van der Waals surface area contributed by atoms with E-state index in [1.165, 1.54) is 0 Å². The molecule has 1 amide bonds. The third-order valence-corrected chi connectivity index (χ3v) is 5.74. The number of ether oxygens (including phenoxy) is 2. The summed E-state index contributed by atoms with van der Waals surface area (Å²) < 4.78 is 16.5. The molecule has 0 radical (unpaired) electrons. The van der Waals surface area contributed by atoms with Crippen molar-refractivity contribution in [3.8, 4) is 11.5 Å². The molecule has 1 aromatic heterocycles. The highest BCUT2D eigenvalue weighted by Gasteiger charge is 2.27. The zero-order valence-corrected chi connectivity index (χ0v) is 20.0. The van der Waals surface area contributed by atoms with Crippen LogP contribution in [0.2, 0.25) is 0 Å². The number of benzene rings is 1. The van der Waals surface area contributed by atoms with Gasteiger partial charge in [0.25, 0.3) is 5.91 Å². The lowest BCUT2D eigenvalue weighted by molar-refractivity contribution is -0.147. The largest absolute Gasteiger partial charge is 0.496 e. The van der Waals surface area contributed by atoms with Crippen molar-refractivity contribution in [2.24, 2.45) is 5.41 Å². The van der Waals surface area contributed by atoms with E-state index < -0.39 is 11.4 Å². The van der Waals surface area contributed by atoms with Crippen LogP contribution >= 0.6 is 0 Å². The minimum atomic E-state index is -0.837. The third-order valence-electron chi connectivity index (χ3n) is 5.74. The van der Waals surface area contributed by atoms with E-state index in [0.717, 1.165) is 29.9 Å². The van der Waals surface area contributed by atoms with Gasteiger partial charge in [0.15, 0.2) is 0 Å². The summed E-state index contributed by atoms with van der Waals surface area (Å²) in [5, 5.41) is 9.39. The summed E-state index contributed by atoms with van der Waals surface area (Å²) >= 11 is 0. The SMILES string of the molecule is COc1cc(C(=O)N(CCCc2ccc(C)o2)CCCC(C)(C)C(=O)O)cc(OC)c1C. The fraction of sp³-hybridized carbons (Fsp3) is 0.520. The Hall–Kier alpha value is -2.96. The number of hydrogen-bond donors (Lipinski definition) is 1. The van der Waals surface area contributed by atoms with Crippen LogP contribution in [0.5, 0.6) is 11.5 Å². The third kappa shape index (κ3) is 6.52. The maximum Gasteiger partial charge on any atom is 0.309 e. The number of methoxy groups -OCH3 is 2. The van der Waals surface area contributed by atoms with Gasteiger partial charge in [-0.1, -0.05) is 0 Å². The number of furan rings is 1. The van der Waals surface area contributed by atoms with Crippen molar-refractivity contribution >= 4 is 11.9 Å². The van der Waals surface area contributed by atoms with Gasteiger partial charge in [0, 0.05) is 30.6 Å². The van der Waals surface area contributed by atoms with Gasteiger partial charge < -0.3 is 23.9 Å². The molecule has 0 aliphatic rings. The zero-order valence-electron chi connectivity index (χ0n) is 20.0. The van der Waals surface area contributed by atoms with Gasteiger partial charge in [0.2, 0.25) is 0 Å². The van der Waals surface area contributed by atoms with Crippen LogP contribution in [0.3, 0.4) is 0 Å². The van der Waals surface area contributed by atoms with E-state index in [1.807, 2.05) is 26.0 Å². The molecule has 2 rings (SSSR count). The van der Waals surface area contributed by atoms with Gasteiger partial charge in [0.05, 0.1) is 19.6 Å². The molecule has 0 aliphatic heterocycles. The predicted molar refractivity (Wildman–Crippen MR) is 123 cm³/mol. The van der Waals surface area contributed by atoms with Gasteiger partial charge in [-0.3, -0.25) is 9.59 Å². The van der Waals surface area contributed by atoms with Crippen LogP contribution in [0.25, 0.3) is 0 Å². The molecule has 1 N–H and O–H groups in total. The average molecular weight is 446 g/mol. The number of carboxylic acid groups (broad SMARTS) is 1. The summed E-state index contributed by atoms with van der Waals surface area (Å²) in [6.45, 7) is 8.19. The molecular formula is C25H35NO6. The lowest BCUT2D eigenvalue weighted by atomic mass is 9.88. The lowest BCUT2D eigenvalue weighted by Gasteiger charge is -2.26. The van der Waals surface area contributed by atoms with Crippen LogP contribution in [-0.4, -0.2) is 49.2 Å². The van der Waals surface area contributed by atoms with Gasteiger partial charge in [-0.2, -0.15) is 0 Å². The Morgan fingerprint density at radius 2 is 1.62 bits per heavy atom. The second-order valence-electron chi connectivity index (χ2n) is 8.71. The van der Waals surface area contributed by atoms with E-state index in [2.05, 4.69) is 0 Å². The second kappa shape index (κ2) is 11.1. The predicted octanol–water partition coefficient (Wildman–Crippen LogP) is 4.88. The maximum atomic E-state index is 13.4. The molecule has 0 atom stereocenters. The second-order valence-corrected chi connectivity index (χ2v) is 8.71. The molecule has 1 heterocycles. The van der Waals surface area contributed by atoms with Crippen LogP contribution in [-0.2, 0) is 11.2 Å². The summed E-state index contributed by atoms with van der Waals surface area (Å²) in [7, 11) is 3.13. The summed E-state index contributed by atoms with van der Waals surface area (Å²) in [6.07, 6.45) is 2.52. The fourth-order valence-corrected chi connectivity index (χ4v) is 3.59. The van der Waals surface area contributed by atoms with Gasteiger partial charge in [-0.05, 0) is 71.2 Å². The first-order valence-electron chi connectivity index (χ1n) is 10.9. The van der Waals surface area contributed by atoms with Crippen LogP contribution < -0.4 is 9.47 Å². The van der Waals surface area contributed by atoms with Gasteiger partial charge >= 0.3 is 5.97 Å². The first-order chi connectivity index (χ1) is 15.1. The van der Waals surface area contributed by atoms with Crippen molar-refractivity contribution in [1.82, 2.24) is 4.90 Å². The maximum absolute atomic E-state index is 13.4. The lowest BCUT2D eigenvalue weighted by Crippen LogP contribution is -2.34. The number of nitrogens with zero attached hydrogens (tertiary/aromatic N) is 1. The Kier molecular flexibility index (Phi) is 8.75. The molecule has 0 bridgehead atoms. The number of carbonyl (C=O) groups excluding carboxylic acids is 1. The smallest absolute Gasteiger partial charge is 0.309 e. The topological polar surface area (TPSA) is 89.2 Å². The van der Waals surface area contributed by atoms with Gasteiger partial charge in [-0.15, -0.1) is 0 Å². The zero-order chi connectivity index (χ0) is 23.9. The Morgan fingerprint density at radius 3 is 2.12 bits per heavy atom. The molecule has 0 saturated carbocycles. The molecule has 32 heavy (non-hydrogen) atoms. The highest BCUT2D eigenvalue weighted by atomic mass is 16.5. The van der Waals surface area contributed by atoms with E-state index in [1.54, 1.807) is 45.1 Å². The minimum absolute atomic E-state index is 0.134. The quantitative estimate of drug-likeness (QED) is 0.501. The van der Waals surface area contributed by atoms with Crippen molar-refractivity contribution in [2.75, 3.05) is 27.3 Å². The number of rotatable bonds is 12. The molecule has 0 aliphatic carbocycles. The Labute approximate surface area is 190 Å². The monoisotopic (exact) mass is 445 g/mol. The van der Waals surface area contributed by atoms with E-state index in [9.17, 15) is 14.7 Å². The summed E-state index contributed by atoms with van der Waals surface area (Å²) in [4.78, 5) is 26.6. The summed E-state index contributed by atoms with van der Waals surface area (Å²) in [5.74, 6) is 1.96. The van der Waals surface area contributed by atoms with Crippen LogP contribution in [0.4, 0.5) is 0 Å². The van der Waals surface area contributed by atoms with E-state index in [0.29, 0.717) is 43.0 Å². The number of amides is 1. The molecule has 0 unspecified atom stereocenters. The van der Waals surface area contributed by atoms with Crippen LogP contribution in [0.1, 0.15) is 60.6 Å². The number of carboxylic acids is 1. The minimum Gasteiger partial charge on any atom is -0.496 e. The Balaban J connectivity index is 2.17. The first kappa shape index (κ1) is 25.3. The molecule has 176 valence electrons. The van der Waals surface area contributed by atoms with E-state index in [-0.39, 0.29) is 5.91 Å². The highest BCUT2D eigenvalue weighted by Crippen LogP contribution is 2.30. The van der Waals surface area contributed by atoms with Crippen molar-refractivity contribution in [3.05, 3.63) is 46.9 Å². The molecule has 1 aromatic carbocycles. The highest BCUT2D eigenvalue weighted by molar-refractivity contribution is 5.95. The molecular weight excluding hydrogens is 410 g/mol. The normalized spacial score (nSPS) is 11.3. The van der Waals surface area contributed by atoms with Crippen LogP contribution in [0, 0.1) is 19.3 Å². The molecule has 7 heteroatoms. The standard InChI is InChI=1S/C25H35NO6/c1-17-10-11-20(32-17)9-7-13-26(14-8-12-25(3,4)24(28)29)23(27)19-15-21(30-5)18(2)22(16-19)31-6/h10-11,15-16H,7-9,12-14H2,1-6H3,(H,28,29). The van der Waals surface area contributed by atoms with E-state index in [4.69, 9.17) is 13.9 Å². The summed E-state index contributed by atoms with van der Waals surface area (Å²) in [5.41, 5.74) is 0.474. The number of hydrogen-bond acceptors (Lipinski definition) is 5. The molecule has 0 fully saturated rings. The molecule has 0 saturated heterocycles. The van der Waals surface area contributed by atoms with Gasteiger partial charge in [0.1, 0.15) is 23.0 Å².